The predicted octanol–water partition coefficient (Wildman–Crippen LogP) is 3.61. The van der Waals surface area contributed by atoms with Gasteiger partial charge in [-0.1, -0.05) is 41.9 Å². The fourth-order valence-corrected chi connectivity index (χ4v) is 5.79. The number of aromatic nitrogens is 2. The van der Waals surface area contributed by atoms with Gasteiger partial charge in [0.25, 0.3) is 0 Å². The zero-order valence-corrected chi connectivity index (χ0v) is 14.9. The van der Waals surface area contributed by atoms with Crippen LogP contribution in [0.5, 0.6) is 0 Å². The first-order valence-corrected chi connectivity index (χ1v) is 9.95. The Morgan fingerprint density at radius 2 is 1.96 bits per heavy atom. The maximum absolute atomic E-state index is 12.4. The highest BCUT2D eigenvalue weighted by molar-refractivity contribution is 5.76. The minimum atomic E-state index is 0.122. The first kappa shape index (κ1) is 16.0. The average molecular weight is 351 g/mol. The number of nitrogens with one attached hydrogen (secondary N) is 1. The van der Waals surface area contributed by atoms with Crippen LogP contribution in [0.4, 0.5) is 0 Å². The lowest BCUT2D eigenvalue weighted by Gasteiger charge is -2.32. The van der Waals surface area contributed by atoms with Gasteiger partial charge in [0.05, 0.1) is 0 Å². The number of hydrogen-bond donors (Lipinski definition) is 1. The molecule has 5 atom stereocenters. The fourth-order valence-electron chi connectivity index (χ4n) is 5.79. The summed E-state index contributed by atoms with van der Waals surface area (Å²) in [6.45, 7) is 0. The first-order valence-electron chi connectivity index (χ1n) is 9.95. The number of carbonyl (C=O) groups is 1. The van der Waals surface area contributed by atoms with Crippen molar-refractivity contribution in [2.24, 2.45) is 23.7 Å². The Kier molecular flexibility index (Phi) is 4.03. The Morgan fingerprint density at radius 1 is 1.12 bits per heavy atom. The van der Waals surface area contributed by atoms with Gasteiger partial charge in [0, 0.05) is 24.4 Å². The molecule has 5 rings (SSSR count). The van der Waals surface area contributed by atoms with Crippen molar-refractivity contribution in [3.63, 3.8) is 0 Å². The Labute approximate surface area is 153 Å². The Bertz CT molecular complexity index is 788. The molecule has 26 heavy (non-hydrogen) atoms. The van der Waals surface area contributed by atoms with Gasteiger partial charge < -0.3 is 9.84 Å². The van der Waals surface area contributed by atoms with E-state index in [1.54, 1.807) is 0 Å². The molecule has 0 aliphatic heterocycles. The molecule has 5 heteroatoms. The van der Waals surface area contributed by atoms with E-state index in [0.29, 0.717) is 30.6 Å². The molecule has 5 unspecified atom stereocenters. The van der Waals surface area contributed by atoms with Crippen molar-refractivity contribution in [1.82, 2.24) is 15.5 Å². The summed E-state index contributed by atoms with van der Waals surface area (Å²) in [5.74, 6) is 4.67. The number of nitrogens with zero attached hydrogens (tertiary/aromatic N) is 2. The van der Waals surface area contributed by atoms with Crippen LogP contribution in [0.1, 0.15) is 44.4 Å². The summed E-state index contributed by atoms with van der Waals surface area (Å²) in [5, 5.41) is 7.32. The SMILES string of the molecule is O=C(CCc1nc(-c2ccccc2)no1)NC1CC2CC1C1CCCC21. The number of rotatable bonds is 5. The van der Waals surface area contributed by atoms with Crippen LogP contribution in [-0.2, 0) is 11.2 Å². The molecule has 2 bridgehead atoms. The van der Waals surface area contributed by atoms with Crippen LogP contribution in [-0.4, -0.2) is 22.1 Å². The molecule has 0 spiro atoms. The number of hydrogen-bond acceptors (Lipinski definition) is 4. The molecule has 3 aliphatic rings. The van der Waals surface area contributed by atoms with E-state index in [0.717, 1.165) is 29.2 Å². The van der Waals surface area contributed by atoms with Crippen molar-refractivity contribution in [3.8, 4) is 11.4 Å². The minimum Gasteiger partial charge on any atom is -0.353 e. The second-order valence-electron chi connectivity index (χ2n) is 8.21. The lowest BCUT2D eigenvalue weighted by molar-refractivity contribution is -0.122. The van der Waals surface area contributed by atoms with Crippen LogP contribution in [0.2, 0.25) is 0 Å². The molecule has 1 N–H and O–H groups in total. The summed E-state index contributed by atoms with van der Waals surface area (Å²) in [4.78, 5) is 16.8. The summed E-state index contributed by atoms with van der Waals surface area (Å²) < 4.78 is 5.30. The maximum atomic E-state index is 12.4. The molecule has 3 aliphatic carbocycles. The van der Waals surface area contributed by atoms with E-state index in [9.17, 15) is 4.79 Å². The number of aryl methyl sites for hydroxylation is 1. The van der Waals surface area contributed by atoms with E-state index < -0.39 is 0 Å². The summed E-state index contributed by atoms with van der Waals surface area (Å²) in [6, 6.07) is 10.2. The van der Waals surface area contributed by atoms with Gasteiger partial charge in [-0.05, 0) is 49.4 Å². The average Bonchev–Trinajstić information content (AvgIpc) is 3.42. The molecule has 1 aromatic carbocycles. The third-order valence-corrected chi connectivity index (χ3v) is 6.84. The number of carbonyl (C=O) groups excluding carboxylic acids is 1. The molecule has 136 valence electrons. The Morgan fingerprint density at radius 3 is 2.85 bits per heavy atom. The van der Waals surface area contributed by atoms with Crippen LogP contribution >= 0.6 is 0 Å². The normalized spacial score (nSPS) is 31.9. The standard InChI is InChI=1S/C21H25N3O2/c25-19(22-18-12-14-11-17(18)16-8-4-7-15(14)16)9-10-20-23-21(24-26-20)13-5-2-1-3-6-13/h1-3,5-6,14-18H,4,7-12H2,(H,22,25). The molecular weight excluding hydrogens is 326 g/mol. The van der Waals surface area contributed by atoms with Gasteiger partial charge in [0.1, 0.15) is 0 Å². The van der Waals surface area contributed by atoms with Crippen LogP contribution in [0, 0.1) is 23.7 Å². The van der Waals surface area contributed by atoms with Crippen molar-refractivity contribution in [2.75, 3.05) is 0 Å². The quantitative estimate of drug-likeness (QED) is 0.893. The summed E-state index contributed by atoms with van der Waals surface area (Å²) in [5.41, 5.74) is 0.931. The topological polar surface area (TPSA) is 68.0 Å². The minimum absolute atomic E-state index is 0.122. The summed E-state index contributed by atoms with van der Waals surface area (Å²) in [6.07, 6.45) is 7.64. The molecule has 1 heterocycles. The first-order chi connectivity index (χ1) is 12.8. The molecule has 3 saturated carbocycles. The number of fused-ring (bicyclic) bond motifs is 5. The van der Waals surface area contributed by atoms with E-state index in [4.69, 9.17) is 4.52 Å². The lowest BCUT2D eigenvalue weighted by atomic mass is 9.79. The van der Waals surface area contributed by atoms with Crippen LogP contribution in [0.25, 0.3) is 11.4 Å². The van der Waals surface area contributed by atoms with Gasteiger partial charge in [-0.15, -0.1) is 0 Å². The fraction of sp³-hybridized carbons (Fsp3) is 0.571. The number of amides is 1. The van der Waals surface area contributed by atoms with Crippen molar-refractivity contribution >= 4 is 5.91 Å². The van der Waals surface area contributed by atoms with Crippen LogP contribution < -0.4 is 5.32 Å². The molecule has 1 aromatic heterocycles. The molecule has 1 amide bonds. The van der Waals surface area contributed by atoms with Gasteiger partial charge in [0.2, 0.25) is 17.6 Å². The highest BCUT2D eigenvalue weighted by Crippen LogP contribution is 2.58. The van der Waals surface area contributed by atoms with Crippen molar-refractivity contribution < 1.29 is 9.32 Å². The second-order valence-corrected chi connectivity index (χ2v) is 8.21. The summed E-state index contributed by atoms with van der Waals surface area (Å²) in [7, 11) is 0. The molecule has 3 fully saturated rings. The largest absolute Gasteiger partial charge is 0.353 e. The van der Waals surface area contributed by atoms with Gasteiger partial charge in [-0.3, -0.25) is 4.79 Å². The van der Waals surface area contributed by atoms with Gasteiger partial charge >= 0.3 is 0 Å². The van der Waals surface area contributed by atoms with Gasteiger partial charge in [-0.2, -0.15) is 4.98 Å². The molecule has 0 saturated heterocycles. The number of benzene rings is 1. The van der Waals surface area contributed by atoms with Crippen molar-refractivity contribution in [2.45, 2.75) is 51.0 Å². The molecule has 0 radical (unpaired) electrons. The maximum Gasteiger partial charge on any atom is 0.227 e. The van der Waals surface area contributed by atoms with E-state index in [-0.39, 0.29) is 5.91 Å². The monoisotopic (exact) mass is 351 g/mol. The zero-order chi connectivity index (χ0) is 17.5. The van der Waals surface area contributed by atoms with Gasteiger partial charge in [0.15, 0.2) is 0 Å². The lowest BCUT2D eigenvalue weighted by Crippen LogP contribution is -2.42. The summed E-state index contributed by atoms with van der Waals surface area (Å²) >= 11 is 0. The van der Waals surface area contributed by atoms with E-state index in [1.165, 1.54) is 32.1 Å². The Balaban J connectivity index is 1.15. The smallest absolute Gasteiger partial charge is 0.227 e. The molecule has 2 aromatic rings. The van der Waals surface area contributed by atoms with E-state index in [1.807, 2.05) is 30.3 Å². The highest BCUT2D eigenvalue weighted by Gasteiger charge is 2.53. The predicted molar refractivity (Wildman–Crippen MR) is 97.0 cm³/mol. The van der Waals surface area contributed by atoms with Crippen LogP contribution in [0.15, 0.2) is 34.9 Å². The molecule has 5 nitrogen and oxygen atoms in total. The highest BCUT2D eigenvalue weighted by atomic mass is 16.5. The Hall–Kier alpha value is -2.17. The third kappa shape index (κ3) is 2.83. The van der Waals surface area contributed by atoms with Crippen molar-refractivity contribution in [1.29, 1.82) is 0 Å². The zero-order valence-electron chi connectivity index (χ0n) is 14.9. The van der Waals surface area contributed by atoms with Crippen molar-refractivity contribution in [3.05, 3.63) is 36.2 Å². The second kappa shape index (κ2) is 6.53. The van der Waals surface area contributed by atoms with Gasteiger partial charge in [-0.25, -0.2) is 0 Å². The molecular formula is C21H25N3O2. The van der Waals surface area contributed by atoms with Crippen LogP contribution in [0.3, 0.4) is 0 Å². The third-order valence-electron chi connectivity index (χ3n) is 6.84. The van der Waals surface area contributed by atoms with E-state index in [2.05, 4.69) is 15.5 Å². The van der Waals surface area contributed by atoms with E-state index >= 15 is 0 Å².